The van der Waals surface area contributed by atoms with Crippen LogP contribution < -0.4 is 20.7 Å². The molecule has 7 nitrogen and oxygen atoms in total. The predicted octanol–water partition coefficient (Wildman–Crippen LogP) is 2.13. The molecule has 1 aliphatic rings. The van der Waals surface area contributed by atoms with Crippen LogP contribution in [0.25, 0.3) is 0 Å². The van der Waals surface area contributed by atoms with Crippen LogP contribution in [0.5, 0.6) is 5.75 Å². The molecule has 0 spiro atoms. The van der Waals surface area contributed by atoms with Gasteiger partial charge in [0, 0.05) is 36.7 Å². The number of anilines is 3. The molecule has 0 saturated heterocycles. The summed E-state index contributed by atoms with van der Waals surface area (Å²) in [6.45, 7) is 0.999. The largest absolute Gasteiger partial charge is 0.497 e. The Labute approximate surface area is 165 Å². The van der Waals surface area contributed by atoms with Gasteiger partial charge in [0.2, 0.25) is 11.8 Å². The van der Waals surface area contributed by atoms with Crippen LogP contribution in [0.3, 0.4) is 0 Å². The van der Waals surface area contributed by atoms with Crippen molar-refractivity contribution in [3.8, 4) is 5.75 Å². The van der Waals surface area contributed by atoms with E-state index in [0.717, 1.165) is 36.3 Å². The molecule has 0 fully saturated rings. The highest BCUT2D eigenvalue weighted by Crippen LogP contribution is 2.31. The molecule has 0 radical (unpaired) electrons. The van der Waals surface area contributed by atoms with Crippen molar-refractivity contribution in [3.05, 3.63) is 48.0 Å². The molecule has 7 heteroatoms. The normalized spacial score (nSPS) is 12.9. The van der Waals surface area contributed by atoms with Gasteiger partial charge >= 0.3 is 0 Å². The lowest BCUT2D eigenvalue weighted by Gasteiger charge is -2.32. The molecule has 2 aromatic carbocycles. The molecule has 0 aliphatic carbocycles. The second-order valence-electron chi connectivity index (χ2n) is 6.90. The summed E-state index contributed by atoms with van der Waals surface area (Å²) in [5, 5.41) is 2.79. The third-order valence-corrected chi connectivity index (χ3v) is 4.87. The van der Waals surface area contributed by atoms with E-state index in [1.807, 2.05) is 23.1 Å². The zero-order valence-electron chi connectivity index (χ0n) is 16.3. The number of nitrogens with two attached hydrogens (primary N) is 1. The minimum atomic E-state index is -0.257. The minimum Gasteiger partial charge on any atom is -0.497 e. The zero-order valence-corrected chi connectivity index (χ0v) is 16.3. The Morgan fingerprint density at radius 1 is 1.25 bits per heavy atom. The third-order valence-electron chi connectivity index (χ3n) is 4.87. The number of nitrogen functional groups attached to an aromatic ring is 1. The number of hydrogen-bond donors (Lipinski definition) is 2. The Kier molecular flexibility index (Phi) is 6.03. The van der Waals surface area contributed by atoms with Gasteiger partial charge in [-0.25, -0.2) is 0 Å². The van der Waals surface area contributed by atoms with E-state index in [-0.39, 0.29) is 24.9 Å². The summed E-state index contributed by atoms with van der Waals surface area (Å²) < 4.78 is 5.15. The minimum absolute atomic E-state index is 0.0202. The number of nitrogens with zero attached hydrogens (tertiary/aromatic N) is 2. The summed E-state index contributed by atoms with van der Waals surface area (Å²) in [4.78, 5) is 28.4. The summed E-state index contributed by atoms with van der Waals surface area (Å²) in [6.07, 6.45) is 1.88. The smallest absolute Gasteiger partial charge is 0.243 e. The Morgan fingerprint density at radius 2 is 2.04 bits per heavy atom. The lowest BCUT2D eigenvalue weighted by molar-refractivity contribution is -0.132. The number of carbonyl (C=O) groups is 2. The summed E-state index contributed by atoms with van der Waals surface area (Å²) in [6, 6.07) is 12.9. The molecule has 0 saturated carbocycles. The van der Waals surface area contributed by atoms with Gasteiger partial charge in [-0.2, -0.15) is 0 Å². The SMILES string of the molecule is COc1cccc(NC(=O)CN(C)C(=O)CN2CCCc3c(N)cccc32)c1. The maximum Gasteiger partial charge on any atom is 0.243 e. The Hall–Kier alpha value is -3.22. The topological polar surface area (TPSA) is 87.9 Å². The third kappa shape index (κ3) is 4.54. The predicted molar refractivity (Wildman–Crippen MR) is 111 cm³/mol. The fourth-order valence-electron chi connectivity index (χ4n) is 3.38. The zero-order chi connectivity index (χ0) is 20.1. The summed E-state index contributed by atoms with van der Waals surface area (Å²) in [5.74, 6) is 0.286. The van der Waals surface area contributed by atoms with E-state index in [1.165, 1.54) is 4.90 Å². The van der Waals surface area contributed by atoms with Gasteiger partial charge < -0.3 is 25.6 Å². The number of fused-ring (bicyclic) bond motifs is 1. The monoisotopic (exact) mass is 382 g/mol. The summed E-state index contributed by atoms with van der Waals surface area (Å²) >= 11 is 0. The van der Waals surface area contributed by atoms with Crippen molar-refractivity contribution in [2.24, 2.45) is 0 Å². The van der Waals surface area contributed by atoms with Crippen molar-refractivity contribution in [1.82, 2.24) is 4.90 Å². The van der Waals surface area contributed by atoms with E-state index in [9.17, 15) is 9.59 Å². The highest BCUT2D eigenvalue weighted by molar-refractivity contribution is 5.95. The van der Waals surface area contributed by atoms with Gasteiger partial charge in [0.1, 0.15) is 5.75 Å². The first-order valence-corrected chi connectivity index (χ1v) is 9.28. The second kappa shape index (κ2) is 8.65. The Bertz CT molecular complexity index is 868. The van der Waals surface area contributed by atoms with Crippen molar-refractivity contribution in [1.29, 1.82) is 0 Å². The highest BCUT2D eigenvalue weighted by Gasteiger charge is 2.22. The number of hydrogen-bond acceptors (Lipinski definition) is 5. The number of ether oxygens (including phenoxy) is 1. The molecular formula is C21H26N4O3. The maximum atomic E-state index is 12.6. The fourth-order valence-corrected chi connectivity index (χ4v) is 3.38. The highest BCUT2D eigenvalue weighted by atomic mass is 16.5. The molecule has 0 bridgehead atoms. The fraction of sp³-hybridized carbons (Fsp3) is 0.333. The molecule has 28 heavy (non-hydrogen) atoms. The molecule has 0 unspecified atom stereocenters. The molecule has 1 aliphatic heterocycles. The van der Waals surface area contributed by atoms with Gasteiger partial charge in [-0.3, -0.25) is 9.59 Å². The molecular weight excluding hydrogens is 356 g/mol. The number of carbonyl (C=O) groups excluding carboxylic acids is 2. The van der Waals surface area contributed by atoms with Crippen LogP contribution in [-0.2, 0) is 16.0 Å². The second-order valence-corrected chi connectivity index (χ2v) is 6.90. The first-order chi connectivity index (χ1) is 13.5. The first kappa shape index (κ1) is 19.5. The van der Waals surface area contributed by atoms with Gasteiger partial charge in [0.25, 0.3) is 0 Å². The van der Waals surface area contributed by atoms with Crippen LogP contribution in [0.15, 0.2) is 42.5 Å². The number of amides is 2. The van der Waals surface area contributed by atoms with E-state index >= 15 is 0 Å². The van der Waals surface area contributed by atoms with Crippen LogP contribution in [0.2, 0.25) is 0 Å². The number of nitrogens with one attached hydrogen (secondary N) is 1. The summed E-state index contributed by atoms with van der Waals surface area (Å²) in [5.41, 5.74) is 9.57. The van der Waals surface area contributed by atoms with Crippen LogP contribution in [-0.4, -0.2) is 50.5 Å². The molecule has 2 amide bonds. The molecule has 0 atom stereocenters. The standard InChI is InChI=1S/C21H26N4O3/c1-24(13-20(26)23-15-6-3-7-16(12-15)28-2)21(27)14-25-11-5-8-17-18(22)9-4-10-19(17)25/h3-4,6-7,9-10,12H,5,8,11,13-14,22H2,1-2H3,(H,23,26). The van der Waals surface area contributed by atoms with Gasteiger partial charge in [-0.05, 0) is 42.7 Å². The molecule has 1 heterocycles. The van der Waals surface area contributed by atoms with E-state index in [1.54, 1.807) is 38.4 Å². The van der Waals surface area contributed by atoms with Crippen LogP contribution in [0.1, 0.15) is 12.0 Å². The van der Waals surface area contributed by atoms with Crippen molar-refractivity contribution < 1.29 is 14.3 Å². The van der Waals surface area contributed by atoms with Gasteiger partial charge in [0.15, 0.2) is 0 Å². The Balaban J connectivity index is 1.58. The number of likely N-dealkylation sites (N-methyl/N-ethyl adjacent to an activating group) is 1. The van der Waals surface area contributed by atoms with Crippen LogP contribution >= 0.6 is 0 Å². The molecule has 0 aromatic heterocycles. The Morgan fingerprint density at radius 3 is 2.82 bits per heavy atom. The number of methoxy groups -OCH3 is 1. The maximum absolute atomic E-state index is 12.6. The van der Waals surface area contributed by atoms with Gasteiger partial charge in [0.05, 0.1) is 20.2 Å². The van der Waals surface area contributed by atoms with E-state index in [0.29, 0.717) is 11.4 Å². The van der Waals surface area contributed by atoms with Gasteiger partial charge in [-0.1, -0.05) is 12.1 Å². The van der Waals surface area contributed by atoms with Crippen molar-refractivity contribution >= 4 is 28.9 Å². The average molecular weight is 382 g/mol. The van der Waals surface area contributed by atoms with Crippen LogP contribution in [0.4, 0.5) is 17.1 Å². The van der Waals surface area contributed by atoms with Crippen molar-refractivity contribution in [2.45, 2.75) is 12.8 Å². The van der Waals surface area contributed by atoms with Crippen molar-refractivity contribution in [3.63, 3.8) is 0 Å². The summed E-state index contributed by atoms with van der Waals surface area (Å²) in [7, 11) is 3.21. The first-order valence-electron chi connectivity index (χ1n) is 9.28. The number of benzene rings is 2. The quantitative estimate of drug-likeness (QED) is 0.748. The molecule has 3 rings (SSSR count). The molecule has 2 aromatic rings. The molecule has 148 valence electrons. The lowest BCUT2D eigenvalue weighted by atomic mass is 10.00. The number of rotatable bonds is 6. The van der Waals surface area contributed by atoms with Gasteiger partial charge in [-0.15, -0.1) is 0 Å². The van der Waals surface area contributed by atoms with E-state index in [2.05, 4.69) is 5.32 Å². The average Bonchev–Trinajstić information content (AvgIpc) is 2.68. The van der Waals surface area contributed by atoms with E-state index < -0.39 is 0 Å². The lowest BCUT2D eigenvalue weighted by Crippen LogP contribution is -2.43. The molecule has 3 N–H and O–H groups in total. The van der Waals surface area contributed by atoms with Crippen LogP contribution in [0, 0.1) is 0 Å². The van der Waals surface area contributed by atoms with Crippen molar-refractivity contribution in [2.75, 3.05) is 49.7 Å². The van der Waals surface area contributed by atoms with E-state index in [4.69, 9.17) is 10.5 Å².